The molecule has 5 heteroatoms. The maximum Gasteiger partial charge on any atom is 0.348 e. The molecule has 1 aromatic carbocycles. The van der Waals surface area contributed by atoms with E-state index in [0.717, 1.165) is 11.3 Å². The molecule has 1 heterocycles. The SMILES string of the molecule is Cc1ccccc1-n1nc(CCCO)[nH]c1=O. The van der Waals surface area contributed by atoms with Crippen molar-refractivity contribution < 1.29 is 5.11 Å². The summed E-state index contributed by atoms with van der Waals surface area (Å²) in [5, 5.41) is 13.0. The molecule has 1 aromatic heterocycles. The molecule has 0 aliphatic heterocycles. The van der Waals surface area contributed by atoms with Crippen LogP contribution in [0.15, 0.2) is 29.1 Å². The quantitative estimate of drug-likeness (QED) is 0.820. The van der Waals surface area contributed by atoms with Crippen molar-refractivity contribution in [3.05, 3.63) is 46.1 Å². The Bertz CT molecular complexity index is 557. The van der Waals surface area contributed by atoms with E-state index in [0.29, 0.717) is 18.7 Å². The lowest BCUT2D eigenvalue weighted by atomic mass is 10.2. The highest BCUT2D eigenvalue weighted by Gasteiger charge is 2.08. The lowest BCUT2D eigenvalue weighted by Gasteiger charge is -2.02. The third-order valence-electron chi connectivity index (χ3n) is 2.58. The fourth-order valence-electron chi connectivity index (χ4n) is 1.69. The van der Waals surface area contributed by atoms with Crippen LogP contribution >= 0.6 is 0 Å². The second-order valence-corrected chi connectivity index (χ2v) is 3.90. The van der Waals surface area contributed by atoms with Gasteiger partial charge in [0.05, 0.1) is 5.69 Å². The number of rotatable bonds is 4. The standard InChI is InChI=1S/C12H15N3O2/c1-9-5-2-3-6-10(9)15-12(17)13-11(14-15)7-4-8-16/h2-3,5-6,16H,4,7-8H2,1H3,(H,13,14,17). The van der Waals surface area contributed by atoms with Crippen molar-refractivity contribution in [2.75, 3.05) is 6.61 Å². The summed E-state index contributed by atoms with van der Waals surface area (Å²) in [5.41, 5.74) is 1.53. The summed E-state index contributed by atoms with van der Waals surface area (Å²) in [4.78, 5) is 14.4. The monoisotopic (exact) mass is 233 g/mol. The van der Waals surface area contributed by atoms with Crippen LogP contribution < -0.4 is 5.69 Å². The van der Waals surface area contributed by atoms with Crippen molar-refractivity contribution in [3.63, 3.8) is 0 Å². The average molecular weight is 233 g/mol. The van der Waals surface area contributed by atoms with E-state index in [2.05, 4.69) is 10.1 Å². The van der Waals surface area contributed by atoms with Gasteiger partial charge in [-0.3, -0.25) is 4.98 Å². The summed E-state index contributed by atoms with van der Waals surface area (Å²) in [6.45, 7) is 2.03. The zero-order chi connectivity index (χ0) is 12.3. The Balaban J connectivity index is 2.37. The van der Waals surface area contributed by atoms with Gasteiger partial charge in [0, 0.05) is 13.0 Å². The predicted octanol–water partition coefficient (Wildman–Crippen LogP) is 0.794. The number of aromatic nitrogens is 3. The molecule has 0 bridgehead atoms. The molecular formula is C12H15N3O2. The van der Waals surface area contributed by atoms with Crippen molar-refractivity contribution >= 4 is 0 Å². The molecule has 0 unspecified atom stereocenters. The van der Waals surface area contributed by atoms with E-state index in [4.69, 9.17) is 5.11 Å². The Hall–Kier alpha value is -1.88. The molecule has 0 amide bonds. The van der Waals surface area contributed by atoms with Crippen molar-refractivity contribution in [2.24, 2.45) is 0 Å². The minimum atomic E-state index is -0.243. The van der Waals surface area contributed by atoms with Crippen LogP contribution in [0.25, 0.3) is 5.69 Å². The van der Waals surface area contributed by atoms with Gasteiger partial charge in [-0.25, -0.2) is 4.79 Å². The van der Waals surface area contributed by atoms with Gasteiger partial charge < -0.3 is 5.11 Å². The number of hydrogen-bond acceptors (Lipinski definition) is 3. The molecule has 0 fully saturated rings. The van der Waals surface area contributed by atoms with Crippen LogP contribution in [0.2, 0.25) is 0 Å². The molecule has 0 atom stereocenters. The van der Waals surface area contributed by atoms with Gasteiger partial charge in [-0.15, -0.1) is 0 Å². The van der Waals surface area contributed by atoms with Crippen LogP contribution in [-0.4, -0.2) is 26.5 Å². The lowest BCUT2D eigenvalue weighted by Crippen LogP contribution is -2.16. The largest absolute Gasteiger partial charge is 0.396 e. The number of H-pyrrole nitrogens is 1. The van der Waals surface area contributed by atoms with Crippen molar-refractivity contribution in [1.82, 2.24) is 14.8 Å². The zero-order valence-electron chi connectivity index (χ0n) is 9.68. The molecule has 2 aromatic rings. The fourth-order valence-corrected chi connectivity index (χ4v) is 1.69. The first-order chi connectivity index (χ1) is 8.22. The van der Waals surface area contributed by atoms with E-state index in [-0.39, 0.29) is 12.3 Å². The number of aryl methyl sites for hydroxylation is 2. The number of hydrogen-bond donors (Lipinski definition) is 2. The van der Waals surface area contributed by atoms with Crippen LogP contribution in [0.5, 0.6) is 0 Å². The Morgan fingerprint density at radius 1 is 1.41 bits per heavy atom. The van der Waals surface area contributed by atoms with E-state index >= 15 is 0 Å². The fraction of sp³-hybridized carbons (Fsp3) is 0.333. The van der Waals surface area contributed by atoms with E-state index in [1.165, 1.54) is 4.68 Å². The number of aliphatic hydroxyl groups excluding tert-OH is 1. The van der Waals surface area contributed by atoms with E-state index < -0.39 is 0 Å². The zero-order valence-corrected chi connectivity index (χ0v) is 9.68. The number of para-hydroxylation sites is 1. The summed E-state index contributed by atoms with van der Waals surface area (Å²) in [6.07, 6.45) is 1.17. The molecule has 0 saturated carbocycles. The van der Waals surface area contributed by atoms with E-state index in [1.807, 2.05) is 31.2 Å². The topological polar surface area (TPSA) is 70.9 Å². The summed E-state index contributed by atoms with van der Waals surface area (Å²) in [7, 11) is 0. The summed E-state index contributed by atoms with van der Waals surface area (Å²) in [6, 6.07) is 7.58. The van der Waals surface area contributed by atoms with E-state index in [9.17, 15) is 4.79 Å². The van der Waals surface area contributed by atoms with Gasteiger partial charge >= 0.3 is 5.69 Å². The van der Waals surface area contributed by atoms with Gasteiger partial charge in [-0.1, -0.05) is 18.2 Å². The lowest BCUT2D eigenvalue weighted by molar-refractivity contribution is 0.287. The van der Waals surface area contributed by atoms with Crippen molar-refractivity contribution in [3.8, 4) is 5.69 Å². The van der Waals surface area contributed by atoms with Gasteiger partial charge in [-0.2, -0.15) is 9.78 Å². The highest BCUT2D eigenvalue weighted by Crippen LogP contribution is 2.09. The summed E-state index contributed by atoms with van der Waals surface area (Å²) in [5.74, 6) is 0.604. The summed E-state index contributed by atoms with van der Waals surface area (Å²) >= 11 is 0. The third kappa shape index (κ3) is 2.45. The van der Waals surface area contributed by atoms with Crippen LogP contribution in [0.3, 0.4) is 0 Å². The summed E-state index contributed by atoms with van der Waals surface area (Å²) < 4.78 is 1.36. The third-order valence-corrected chi connectivity index (χ3v) is 2.58. The normalized spacial score (nSPS) is 10.7. The Labute approximate surface area is 98.7 Å². The molecule has 2 N–H and O–H groups in total. The highest BCUT2D eigenvalue weighted by molar-refractivity contribution is 5.38. The van der Waals surface area contributed by atoms with Gasteiger partial charge in [0.2, 0.25) is 0 Å². The van der Waals surface area contributed by atoms with Gasteiger partial charge in [0.25, 0.3) is 0 Å². The number of nitrogens with one attached hydrogen (secondary N) is 1. The average Bonchev–Trinajstić information content (AvgIpc) is 2.68. The molecule has 0 spiro atoms. The molecule has 90 valence electrons. The molecular weight excluding hydrogens is 218 g/mol. The second-order valence-electron chi connectivity index (χ2n) is 3.90. The second kappa shape index (κ2) is 4.97. The number of aliphatic hydroxyl groups is 1. The van der Waals surface area contributed by atoms with Gasteiger partial charge in [0.15, 0.2) is 0 Å². The van der Waals surface area contributed by atoms with E-state index in [1.54, 1.807) is 0 Å². The van der Waals surface area contributed by atoms with Crippen LogP contribution in [0.1, 0.15) is 17.8 Å². The minimum Gasteiger partial charge on any atom is -0.396 e. The molecule has 0 radical (unpaired) electrons. The van der Waals surface area contributed by atoms with Gasteiger partial charge in [-0.05, 0) is 25.0 Å². The Kier molecular flexibility index (Phi) is 3.39. The molecule has 2 rings (SSSR count). The Morgan fingerprint density at radius 3 is 2.88 bits per heavy atom. The van der Waals surface area contributed by atoms with Crippen LogP contribution in [-0.2, 0) is 6.42 Å². The molecule has 0 saturated heterocycles. The number of nitrogens with zero attached hydrogens (tertiary/aromatic N) is 2. The smallest absolute Gasteiger partial charge is 0.348 e. The minimum absolute atomic E-state index is 0.0965. The van der Waals surface area contributed by atoms with Crippen LogP contribution in [0, 0.1) is 6.92 Å². The number of aromatic amines is 1. The van der Waals surface area contributed by atoms with Gasteiger partial charge in [0.1, 0.15) is 5.82 Å². The molecule has 17 heavy (non-hydrogen) atoms. The molecule has 0 aliphatic rings. The molecule has 0 aliphatic carbocycles. The van der Waals surface area contributed by atoms with Crippen molar-refractivity contribution in [2.45, 2.75) is 19.8 Å². The first-order valence-corrected chi connectivity index (χ1v) is 5.57. The van der Waals surface area contributed by atoms with Crippen LogP contribution in [0.4, 0.5) is 0 Å². The highest BCUT2D eigenvalue weighted by atomic mass is 16.3. The Morgan fingerprint density at radius 2 is 2.18 bits per heavy atom. The van der Waals surface area contributed by atoms with Crippen molar-refractivity contribution in [1.29, 1.82) is 0 Å². The first kappa shape index (κ1) is 11.6. The number of benzene rings is 1. The maximum absolute atomic E-state index is 11.7. The predicted molar refractivity (Wildman–Crippen MR) is 64.3 cm³/mol. The first-order valence-electron chi connectivity index (χ1n) is 5.57. The molecule has 5 nitrogen and oxygen atoms in total. The maximum atomic E-state index is 11.7.